The number of hydrogen-bond acceptors (Lipinski definition) is 4. The quantitative estimate of drug-likeness (QED) is 0.722. The van der Waals surface area contributed by atoms with Gasteiger partial charge < -0.3 is 15.2 Å². The molecule has 0 radical (unpaired) electrons. The van der Waals surface area contributed by atoms with E-state index in [4.69, 9.17) is 15.2 Å². The molecule has 1 aliphatic rings. The fourth-order valence-electron chi connectivity index (χ4n) is 1.42. The lowest BCUT2D eigenvalue weighted by Gasteiger charge is -2.13. The maximum absolute atomic E-state index is 5.50. The van der Waals surface area contributed by atoms with Crippen molar-refractivity contribution in [3.05, 3.63) is 23.8 Å². The molecule has 1 aromatic carbocycles. The van der Waals surface area contributed by atoms with Gasteiger partial charge in [-0.05, 0) is 24.7 Å². The predicted octanol–water partition coefficient (Wildman–Crippen LogP) is 0.763. The van der Waals surface area contributed by atoms with Crippen LogP contribution in [0.25, 0.3) is 0 Å². The zero-order chi connectivity index (χ0) is 9.97. The van der Waals surface area contributed by atoms with Gasteiger partial charge in [-0.2, -0.15) is 0 Å². The average Bonchev–Trinajstić information content (AvgIpc) is 2.64. The van der Waals surface area contributed by atoms with E-state index in [1.54, 1.807) is 0 Å². The zero-order valence-electron chi connectivity index (χ0n) is 8.19. The first-order valence-electron chi connectivity index (χ1n) is 4.57. The second kappa shape index (κ2) is 3.86. The molecule has 0 aliphatic carbocycles. The van der Waals surface area contributed by atoms with Crippen molar-refractivity contribution >= 4 is 0 Å². The zero-order valence-corrected chi connectivity index (χ0v) is 8.19. The number of ether oxygens (including phenoxy) is 2. The van der Waals surface area contributed by atoms with Crippen molar-refractivity contribution in [2.45, 2.75) is 6.54 Å². The maximum atomic E-state index is 5.50. The van der Waals surface area contributed by atoms with Crippen molar-refractivity contribution in [3.8, 4) is 11.5 Å². The van der Waals surface area contributed by atoms with Gasteiger partial charge in [-0.15, -0.1) is 0 Å². The summed E-state index contributed by atoms with van der Waals surface area (Å²) in [6.45, 7) is 1.70. The second-order valence-corrected chi connectivity index (χ2v) is 3.38. The molecule has 0 saturated carbocycles. The molecule has 0 atom stereocenters. The minimum Gasteiger partial charge on any atom is -0.454 e. The molecule has 0 unspecified atom stereocenters. The molecule has 1 heterocycles. The summed E-state index contributed by atoms with van der Waals surface area (Å²) in [7, 11) is 1.98. The molecule has 0 spiro atoms. The first-order chi connectivity index (χ1) is 6.79. The van der Waals surface area contributed by atoms with Gasteiger partial charge in [0, 0.05) is 13.2 Å². The van der Waals surface area contributed by atoms with E-state index in [2.05, 4.69) is 0 Å². The summed E-state index contributed by atoms with van der Waals surface area (Å²) >= 11 is 0. The minimum atomic E-state index is 0.325. The lowest BCUT2D eigenvalue weighted by molar-refractivity contribution is 0.174. The van der Waals surface area contributed by atoms with Crippen LogP contribution >= 0.6 is 0 Å². The van der Waals surface area contributed by atoms with E-state index >= 15 is 0 Å². The summed E-state index contributed by atoms with van der Waals surface area (Å²) in [6.07, 6.45) is 0. The minimum absolute atomic E-state index is 0.325. The average molecular weight is 194 g/mol. The topological polar surface area (TPSA) is 47.7 Å². The monoisotopic (exact) mass is 194 g/mol. The Hall–Kier alpha value is -1.26. The van der Waals surface area contributed by atoms with Crippen LogP contribution in [-0.2, 0) is 6.54 Å². The largest absolute Gasteiger partial charge is 0.454 e. The van der Waals surface area contributed by atoms with E-state index in [1.807, 2.05) is 30.1 Å². The third-order valence-corrected chi connectivity index (χ3v) is 2.20. The lowest BCUT2D eigenvalue weighted by Crippen LogP contribution is -2.24. The van der Waals surface area contributed by atoms with E-state index in [0.29, 0.717) is 13.5 Å². The van der Waals surface area contributed by atoms with Crippen LogP contribution in [0, 0.1) is 0 Å². The molecular weight excluding hydrogens is 180 g/mol. The Morgan fingerprint density at radius 1 is 1.36 bits per heavy atom. The number of hydrogen-bond donors (Lipinski definition) is 1. The van der Waals surface area contributed by atoms with Crippen molar-refractivity contribution in [1.29, 1.82) is 0 Å². The van der Waals surface area contributed by atoms with Gasteiger partial charge in [0.2, 0.25) is 6.79 Å². The molecule has 4 heteroatoms. The second-order valence-electron chi connectivity index (χ2n) is 3.38. The van der Waals surface area contributed by atoms with Gasteiger partial charge in [-0.25, -0.2) is 0 Å². The number of nitrogens with two attached hydrogens (primary N) is 1. The molecule has 0 fully saturated rings. The Labute approximate surface area is 83.2 Å². The van der Waals surface area contributed by atoms with Crippen molar-refractivity contribution < 1.29 is 9.47 Å². The Morgan fingerprint density at radius 2 is 2.14 bits per heavy atom. The molecule has 4 nitrogen and oxygen atoms in total. The highest BCUT2D eigenvalue weighted by Crippen LogP contribution is 2.32. The SMILES string of the molecule is CN(CN)Cc1ccc2c(c1)OCO2. The Kier molecular flexibility index (Phi) is 2.56. The van der Waals surface area contributed by atoms with Gasteiger partial charge in [-0.1, -0.05) is 6.07 Å². The summed E-state index contributed by atoms with van der Waals surface area (Å²) in [5.41, 5.74) is 6.69. The third kappa shape index (κ3) is 1.81. The van der Waals surface area contributed by atoms with Crippen LogP contribution in [-0.4, -0.2) is 25.4 Å². The van der Waals surface area contributed by atoms with Gasteiger partial charge in [0.05, 0.1) is 0 Å². The van der Waals surface area contributed by atoms with E-state index in [-0.39, 0.29) is 0 Å². The standard InChI is InChI=1S/C10H14N2O2/c1-12(6-11)5-8-2-3-9-10(4-8)14-7-13-9/h2-4H,5-7,11H2,1H3. The Bertz CT molecular complexity index is 328. The fraction of sp³-hybridized carbons (Fsp3) is 0.400. The fourth-order valence-corrected chi connectivity index (χ4v) is 1.42. The summed E-state index contributed by atoms with van der Waals surface area (Å²) < 4.78 is 10.5. The highest BCUT2D eigenvalue weighted by molar-refractivity contribution is 5.44. The first kappa shape index (κ1) is 9.30. The van der Waals surface area contributed by atoms with Crippen LogP contribution in [0.4, 0.5) is 0 Å². The number of nitrogens with zero attached hydrogens (tertiary/aromatic N) is 1. The molecule has 0 amide bonds. The van der Waals surface area contributed by atoms with E-state index in [0.717, 1.165) is 18.0 Å². The van der Waals surface area contributed by atoms with Gasteiger partial charge in [-0.3, -0.25) is 4.90 Å². The summed E-state index contributed by atoms with van der Waals surface area (Å²) in [5, 5.41) is 0. The highest BCUT2D eigenvalue weighted by Gasteiger charge is 2.13. The predicted molar refractivity (Wildman–Crippen MR) is 53.1 cm³/mol. The molecule has 2 N–H and O–H groups in total. The summed E-state index contributed by atoms with van der Waals surface area (Å²) in [5.74, 6) is 1.65. The molecule has 76 valence electrons. The number of fused-ring (bicyclic) bond motifs is 1. The van der Waals surface area contributed by atoms with Crippen molar-refractivity contribution in [2.24, 2.45) is 5.73 Å². The van der Waals surface area contributed by atoms with E-state index in [9.17, 15) is 0 Å². The van der Waals surface area contributed by atoms with Gasteiger partial charge in [0.15, 0.2) is 11.5 Å². The molecule has 0 saturated heterocycles. The van der Waals surface area contributed by atoms with Gasteiger partial charge in [0.1, 0.15) is 0 Å². The number of rotatable bonds is 3. The van der Waals surface area contributed by atoms with Crippen molar-refractivity contribution in [1.82, 2.24) is 4.90 Å². The smallest absolute Gasteiger partial charge is 0.231 e. The van der Waals surface area contributed by atoms with Crippen LogP contribution < -0.4 is 15.2 Å². The molecule has 0 aromatic heterocycles. The third-order valence-electron chi connectivity index (χ3n) is 2.20. The van der Waals surface area contributed by atoms with Crippen LogP contribution in [0.5, 0.6) is 11.5 Å². The van der Waals surface area contributed by atoms with Crippen LogP contribution in [0.2, 0.25) is 0 Å². The van der Waals surface area contributed by atoms with Gasteiger partial charge in [0.25, 0.3) is 0 Å². The molecule has 1 aliphatic heterocycles. The number of benzene rings is 1. The summed E-state index contributed by atoms with van der Waals surface area (Å²) in [4.78, 5) is 2.03. The molecule has 1 aromatic rings. The van der Waals surface area contributed by atoms with Crippen LogP contribution in [0.15, 0.2) is 18.2 Å². The van der Waals surface area contributed by atoms with Crippen LogP contribution in [0.1, 0.15) is 5.56 Å². The maximum Gasteiger partial charge on any atom is 0.231 e. The van der Waals surface area contributed by atoms with E-state index < -0.39 is 0 Å². The molecule has 2 rings (SSSR count). The Morgan fingerprint density at radius 3 is 2.93 bits per heavy atom. The normalized spacial score (nSPS) is 13.6. The molecule has 14 heavy (non-hydrogen) atoms. The van der Waals surface area contributed by atoms with E-state index in [1.165, 1.54) is 5.56 Å². The Balaban J connectivity index is 2.12. The summed E-state index contributed by atoms with van der Waals surface area (Å²) in [6, 6.07) is 5.95. The highest BCUT2D eigenvalue weighted by atomic mass is 16.7. The lowest BCUT2D eigenvalue weighted by atomic mass is 10.2. The molecular formula is C10H14N2O2. The van der Waals surface area contributed by atoms with Gasteiger partial charge >= 0.3 is 0 Å². The molecule has 0 bridgehead atoms. The van der Waals surface area contributed by atoms with Crippen LogP contribution in [0.3, 0.4) is 0 Å². The first-order valence-corrected chi connectivity index (χ1v) is 4.57. The van der Waals surface area contributed by atoms with Crippen molar-refractivity contribution in [2.75, 3.05) is 20.5 Å². The van der Waals surface area contributed by atoms with Crippen molar-refractivity contribution in [3.63, 3.8) is 0 Å².